The molecule has 1 saturated heterocycles. The van der Waals surface area contributed by atoms with Crippen LogP contribution < -0.4 is 0 Å². The summed E-state index contributed by atoms with van der Waals surface area (Å²) in [5.74, 6) is 0.141. The van der Waals surface area contributed by atoms with Crippen molar-refractivity contribution in [3.05, 3.63) is 47.5 Å². The first-order valence-corrected chi connectivity index (χ1v) is 6.41. The van der Waals surface area contributed by atoms with Gasteiger partial charge in [-0.3, -0.25) is 4.79 Å². The highest BCUT2D eigenvalue weighted by molar-refractivity contribution is 6.11. The highest BCUT2D eigenvalue weighted by atomic mass is 16.5. The molecule has 0 N–H and O–H groups in total. The third-order valence-corrected chi connectivity index (χ3v) is 3.61. The van der Waals surface area contributed by atoms with E-state index in [1.54, 1.807) is 0 Å². The molecule has 2 nitrogen and oxygen atoms in total. The van der Waals surface area contributed by atoms with Crippen LogP contribution in [0.25, 0.3) is 10.8 Å². The monoisotopic (exact) mass is 240 g/mol. The molecule has 1 atom stereocenters. The van der Waals surface area contributed by atoms with Crippen molar-refractivity contribution in [3.8, 4) is 0 Å². The molecule has 0 amide bonds. The summed E-state index contributed by atoms with van der Waals surface area (Å²) in [5.41, 5.74) is 1.87. The second kappa shape index (κ2) is 4.54. The predicted octanol–water partition coefficient (Wildman–Crippen LogP) is 3.51. The van der Waals surface area contributed by atoms with Gasteiger partial charge in [0.15, 0.2) is 5.78 Å². The lowest BCUT2D eigenvalue weighted by Crippen LogP contribution is -2.20. The number of Topliss-reactive ketones (excluding diaryl/α,β-unsaturated/α-hetero) is 1. The maximum atomic E-state index is 12.6. The molecular weight excluding hydrogens is 224 g/mol. The third-order valence-electron chi connectivity index (χ3n) is 3.61. The molecule has 3 rings (SSSR count). The number of fused-ring (bicyclic) bond motifs is 1. The molecule has 2 aromatic rings. The molecule has 0 radical (unpaired) electrons. The van der Waals surface area contributed by atoms with Crippen LogP contribution in [-0.4, -0.2) is 18.5 Å². The van der Waals surface area contributed by atoms with Gasteiger partial charge in [0.05, 0.1) is 0 Å². The van der Waals surface area contributed by atoms with Crippen LogP contribution in [0.2, 0.25) is 0 Å². The Kier molecular flexibility index (Phi) is 2.88. The molecule has 1 aliphatic rings. The van der Waals surface area contributed by atoms with Crippen molar-refractivity contribution in [2.75, 3.05) is 6.61 Å². The molecule has 0 aliphatic carbocycles. The third kappa shape index (κ3) is 1.83. The van der Waals surface area contributed by atoms with E-state index in [1.165, 1.54) is 0 Å². The Morgan fingerprint density at radius 2 is 2.06 bits per heavy atom. The van der Waals surface area contributed by atoms with Crippen LogP contribution in [0.3, 0.4) is 0 Å². The van der Waals surface area contributed by atoms with Gasteiger partial charge in [-0.1, -0.05) is 36.4 Å². The van der Waals surface area contributed by atoms with Gasteiger partial charge in [-0.2, -0.15) is 0 Å². The lowest BCUT2D eigenvalue weighted by Gasteiger charge is -2.13. The van der Waals surface area contributed by atoms with Crippen molar-refractivity contribution in [2.24, 2.45) is 0 Å². The minimum atomic E-state index is -0.241. The lowest BCUT2D eigenvalue weighted by molar-refractivity contribution is 0.0644. The highest BCUT2D eigenvalue weighted by Gasteiger charge is 2.26. The van der Waals surface area contributed by atoms with Crippen molar-refractivity contribution in [1.29, 1.82) is 0 Å². The number of hydrogen-bond donors (Lipinski definition) is 0. The normalized spacial score (nSPS) is 19.3. The summed E-state index contributed by atoms with van der Waals surface area (Å²) in [5, 5.41) is 2.16. The van der Waals surface area contributed by atoms with E-state index in [1.807, 2.05) is 37.3 Å². The van der Waals surface area contributed by atoms with Crippen molar-refractivity contribution in [2.45, 2.75) is 25.9 Å². The summed E-state index contributed by atoms with van der Waals surface area (Å²) < 4.78 is 5.52. The van der Waals surface area contributed by atoms with E-state index < -0.39 is 0 Å². The van der Waals surface area contributed by atoms with Gasteiger partial charge in [0.25, 0.3) is 0 Å². The van der Waals surface area contributed by atoms with Crippen LogP contribution in [0.1, 0.15) is 28.8 Å². The van der Waals surface area contributed by atoms with Crippen molar-refractivity contribution in [1.82, 2.24) is 0 Å². The fourth-order valence-electron chi connectivity index (χ4n) is 2.65. The average Bonchev–Trinajstić information content (AvgIpc) is 2.92. The van der Waals surface area contributed by atoms with Crippen LogP contribution in [-0.2, 0) is 4.74 Å². The Hall–Kier alpha value is -1.67. The molecule has 18 heavy (non-hydrogen) atoms. The van der Waals surface area contributed by atoms with Crippen LogP contribution >= 0.6 is 0 Å². The van der Waals surface area contributed by atoms with Crippen LogP contribution in [0.15, 0.2) is 36.4 Å². The topological polar surface area (TPSA) is 26.3 Å². The van der Waals surface area contributed by atoms with Gasteiger partial charge in [-0.25, -0.2) is 0 Å². The number of benzene rings is 2. The molecule has 2 aromatic carbocycles. The van der Waals surface area contributed by atoms with Crippen LogP contribution in [0.5, 0.6) is 0 Å². The fraction of sp³-hybridized carbons (Fsp3) is 0.312. The standard InChI is InChI=1S/C16H16O2/c1-11-8-9-12-5-2-3-6-13(12)15(11)16(17)14-7-4-10-18-14/h2-3,5-6,8-9,14H,4,7,10H2,1H3. The van der Waals surface area contributed by atoms with E-state index in [2.05, 4.69) is 6.07 Å². The number of rotatable bonds is 2. The summed E-state index contributed by atoms with van der Waals surface area (Å²) in [6.45, 7) is 2.70. The molecule has 1 aliphatic heterocycles. The quantitative estimate of drug-likeness (QED) is 0.751. The van der Waals surface area contributed by atoms with E-state index >= 15 is 0 Å². The van der Waals surface area contributed by atoms with E-state index in [0.717, 1.165) is 34.7 Å². The number of ether oxygens (including phenoxy) is 1. The molecule has 0 bridgehead atoms. The summed E-state index contributed by atoms with van der Waals surface area (Å²) in [7, 11) is 0. The predicted molar refractivity (Wildman–Crippen MR) is 72.0 cm³/mol. The fourth-order valence-corrected chi connectivity index (χ4v) is 2.65. The number of carbonyl (C=O) groups excluding carboxylic acids is 1. The average molecular weight is 240 g/mol. The molecule has 92 valence electrons. The molecule has 1 unspecified atom stereocenters. The molecule has 0 spiro atoms. The summed E-state index contributed by atoms with van der Waals surface area (Å²) in [4.78, 5) is 12.6. The highest BCUT2D eigenvalue weighted by Crippen LogP contribution is 2.26. The first kappa shape index (κ1) is 11.4. The van der Waals surface area contributed by atoms with Gasteiger partial charge < -0.3 is 4.74 Å². The largest absolute Gasteiger partial charge is 0.370 e. The zero-order chi connectivity index (χ0) is 12.5. The number of aryl methyl sites for hydroxylation is 1. The number of ketones is 1. The Balaban J connectivity index is 2.14. The zero-order valence-corrected chi connectivity index (χ0v) is 10.5. The van der Waals surface area contributed by atoms with Crippen LogP contribution in [0.4, 0.5) is 0 Å². The van der Waals surface area contributed by atoms with Crippen LogP contribution in [0, 0.1) is 6.92 Å². The van der Waals surface area contributed by atoms with Crippen molar-refractivity contribution < 1.29 is 9.53 Å². The molecule has 2 heteroatoms. The first-order valence-electron chi connectivity index (χ1n) is 6.41. The van der Waals surface area contributed by atoms with Gasteiger partial charge in [0.1, 0.15) is 6.10 Å². The van der Waals surface area contributed by atoms with E-state index in [4.69, 9.17) is 4.74 Å². The summed E-state index contributed by atoms with van der Waals surface area (Å²) in [6, 6.07) is 12.1. The van der Waals surface area contributed by atoms with Crippen molar-refractivity contribution >= 4 is 16.6 Å². The van der Waals surface area contributed by atoms with E-state index in [9.17, 15) is 4.79 Å². The summed E-state index contributed by atoms with van der Waals surface area (Å²) >= 11 is 0. The smallest absolute Gasteiger partial charge is 0.192 e. The van der Waals surface area contributed by atoms with Gasteiger partial charge in [0, 0.05) is 12.2 Å². The molecular formula is C16H16O2. The first-order chi connectivity index (χ1) is 8.77. The Morgan fingerprint density at radius 3 is 2.83 bits per heavy atom. The molecule has 1 fully saturated rings. The second-order valence-corrected chi connectivity index (χ2v) is 4.84. The Morgan fingerprint density at radius 1 is 1.22 bits per heavy atom. The SMILES string of the molecule is Cc1ccc2ccccc2c1C(=O)C1CCCO1. The maximum Gasteiger partial charge on any atom is 0.192 e. The minimum Gasteiger partial charge on any atom is -0.370 e. The van der Waals surface area contributed by atoms with Gasteiger partial charge in [-0.05, 0) is 36.1 Å². The van der Waals surface area contributed by atoms with Gasteiger partial charge in [-0.15, -0.1) is 0 Å². The van der Waals surface area contributed by atoms with Gasteiger partial charge in [0.2, 0.25) is 0 Å². The molecule has 0 saturated carbocycles. The molecule has 0 aromatic heterocycles. The number of hydrogen-bond acceptors (Lipinski definition) is 2. The maximum absolute atomic E-state index is 12.6. The van der Waals surface area contributed by atoms with Crippen molar-refractivity contribution in [3.63, 3.8) is 0 Å². The lowest BCUT2D eigenvalue weighted by atomic mass is 9.93. The van der Waals surface area contributed by atoms with Gasteiger partial charge >= 0.3 is 0 Å². The Bertz CT molecular complexity index is 595. The summed E-state index contributed by atoms with van der Waals surface area (Å²) in [6.07, 6.45) is 1.59. The van der Waals surface area contributed by atoms with E-state index in [-0.39, 0.29) is 11.9 Å². The second-order valence-electron chi connectivity index (χ2n) is 4.84. The Labute approximate surface area is 107 Å². The molecule has 1 heterocycles. The zero-order valence-electron chi connectivity index (χ0n) is 10.5. The minimum absolute atomic E-state index is 0.141. The van der Waals surface area contributed by atoms with E-state index in [0.29, 0.717) is 6.61 Å². The number of carbonyl (C=O) groups is 1.